The first-order valence-electron chi connectivity index (χ1n) is 7.01. The van der Waals surface area contributed by atoms with Crippen LogP contribution in [0.1, 0.15) is 72.1 Å². The van der Waals surface area contributed by atoms with Crippen molar-refractivity contribution in [2.45, 2.75) is 77.7 Å². The summed E-state index contributed by atoms with van der Waals surface area (Å²) >= 11 is 0. The van der Waals surface area contributed by atoms with E-state index < -0.39 is 5.60 Å². The largest absolute Gasteiger partial charge is 0.388 e. The van der Waals surface area contributed by atoms with Crippen LogP contribution in [0.25, 0.3) is 0 Å². The van der Waals surface area contributed by atoms with Crippen molar-refractivity contribution in [3.8, 4) is 0 Å². The summed E-state index contributed by atoms with van der Waals surface area (Å²) in [4.78, 5) is 11.5. The van der Waals surface area contributed by atoms with Gasteiger partial charge < -0.3 is 10.4 Å². The molecule has 1 unspecified atom stereocenters. The minimum Gasteiger partial charge on any atom is -0.388 e. The van der Waals surface area contributed by atoms with Gasteiger partial charge in [-0.2, -0.15) is 0 Å². The highest BCUT2D eigenvalue weighted by atomic mass is 16.3. The molecule has 0 saturated heterocycles. The van der Waals surface area contributed by atoms with Crippen LogP contribution in [0.2, 0.25) is 0 Å². The molecular formula is C14H29NO2. The maximum atomic E-state index is 11.5. The van der Waals surface area contributed by atoms with Gasteiger partial charge in [-0.05, 0) is 19.8 Å². The number of amides is 1. The molecule has 0 spiro atoms. The minimum absolute atomic E-state index is 0.0641. The molecule has 0 fully saturated rings. The van der Waals surface area contributed by atoms with Crippen molar-refractivity contribution in [3.63, 3.8) is 0 Å². The van der Waals surface area contributed by atoms with Crippen molar-refractivity contribution in [2.24, 2.45) is 0 Å². The van der Waals surface area contributed by atoms with Gasteiger partial charge in [0.2, 0.25) is 5.91 Å². The molecule has 0 rings (SSSR count). The van der Waals surface area contributed by atoms with Gasteiger partial charge >= 0.3 is 0 Å². The predicted octanol–water partition coefficient (Wildman–Crippen LogP) is 3.01. The van der Waals surface area contributed by atoms with E-state index in [1.165, 1.54) is 25.7 Å². The SMILES string of the molecule is CCCCCCCCC(=O)NCC(C)(O)CC. The van der Waals surface area contributed by atoms with E-state index in [0.29, 0.717) is 19.4 Å². The molecule has 102 valence electrons. The van der Waals surface area contributed by atoms with Gasteiger partial charge in [-0.15, -0.1) is 0 Å². The van der Waals surface area contributed by atoms with E-state index in [9.17, 15) is 9.90 Å². The van der Waals surface area contributed by atoms with E-state index in [0.717, 1.165) is 12.8 Å². The quantitative estimate of drug-likeness (QED) is 0.579. The maximum absolute atomic E-state index is 11.5. The monoisotopic (exact) mass is 243 g/mol. The van der Waals surface area contributed by atoms with Gasteiger partial charge in [-0.25, -0.2) is 0 Å². The molecule has 0 heterocycles. The summed E-state index contributed by atoms with van der Waals surface area (Å²) in [5.41, 5.74) is -0.767. The second kappa shape index (κ2) is 9.46. The van der Waals surface area contributed by atoms with Crippen LogP contribution in [-0.2, 0) is 4.79 Å². The van der Waals surface area contributed by atoms with E-state index in [2.05, 4.69) is 12.2 Å². The number of aliphatic hydroxyl groups is 1. The topological polar surface area (TPSA) is 49.3 Å². The molecule has 0 aromatic rings. The van der Waals surface area contributed by atoms with Gasteiger partial charge in [0.05, 0.1) is 5.60 Å². The fourth-order valence-corrected chi connectivity index (χ4v) is 1.57. The molecule has 17 heavy (non-hydrogen) atoms. The summed E-state index contributed by atoms with van der Waals surface area (Å²) in [6, 6.07) is 0. The predicted molar refractivity (Wildman–Crippen MR) is 71.9 cm³/mol. The van der Waals surface area contributed by atoms with Crippen LogP contribution in [0.3, 0.4) is 0 Å². The fourth-order valence-electron chi connectivity index (χ4n) is 1.57. The Balaban J connectivity index is 3.41. The van der Waals surface area contributed by atoms with Crippen LogP contribution in [0, 0.1) is 0 Å². The second-order valence-corrected chi connectivity index (χ2v) is 5.14. The molecule has 0 aliphatic carbocycles. The van der Waals surface area contributed by atoms with Crippen LogP contribution < -0.4 is 5.32 Å². The summed E-state index contributed by atoms with van der Waals surface area (Å²) in [5.74, 6) is 0.0641. The highest BCUT2D eigenvalue weighted by Crippen LogP contribution is 2.08. The molecular weight excluding hydrogens is 214 g/mol. The van der Waals surface area contributed by atoms with Crippen LogP contribution >= 0.6 is 0 Å². The highest BCUT2D eigenvalue weighted by molar-refractivity contribution is 5.75. The van der Waals surface area contributed by atoms with Crippen molar-refractivity contribution in [2.75, 3.05) is 6.54 Å². The maximum Gasteiger partial charge on any atom is 0.220 e. The number of hydrogen-bond donors (Lipinski definition) is 2. The Bertz CT molecular complexity index is 202. The van der Waals surface area contributed by atoms with Crippen molar-refractivity contribution >= 4 is 5.91 Å². The Labute approximate surface area is 106 Å². The number of carbonyl (C=O) groups excluding carboxylic acids is 1. The lowest BCUT2D eigenvalue weighted by Gasteiger charge is -2.21. The molecule has 0 aliphatic rings. The number of hydrogen-bond acceptors (Lipinski definition) is 2. The molecule has 1 atom stereocenters. The lowest BCUT2D eigenvalue weighted by atomic mass is 10.0. The van der Waals surface area contributed by atoms with Crippen LogP contribution in [0.4, 0.5) is 0 Å². The lowest BCUT2D eigenvalue weighted by molar-refractivity contribution is -0.122. The fraction of sp³-hybridized carbons (Fsp3) is 0.929. The van der Waals surface area contributed by atoms with E-state index in [-0.39, 0.29) is 5.91 Å². The molecule has 0 aromatic carbocycles. The number of nitrogens with one attached hydrogen (secondary N) is 1. The van der Waals surface area contributed by atoms with Crippen molar-refractivity contribution in [1.29, 1.82) is 0 Å². The van der Waals surface area contributed by atoms with Gasteiger partial charge in [0.25, 0.3) is 0 Å². The third-order valence-electron chi connectivity index (χ3n) is 3.19. The third kappa shape index (κ3) is 10.3. The Kier molecular flexibility index (Phi) is 9.14. The average Bonchev–Trinajstić information content (AvgIpc) is 2.31. The molecule has 0 aromatic heterocycles. The summed E-state index contributed by atoms with van der Waals surface area (Å²) in [6.07, 6.45) is 8.41. The molecule has 1 amide bonds. The first-order chi connectivity index (χ1) is 8.02. The minimum atomic E-state index is -0.767. The lowest BCUT2D eigenvalue weighted by Crippen LogP contribution is -2.39. The van der Waals surface area contributed by atoms with Gasteiger partial charge in [-0.1, -0.05) is 46.0 Å². The van der Waals surface area contributed by atoms with Gasteiger partial charge in [0.15, 0.2) is 0 Å². The smallest absolute Gasteiger partial charge is 0.220 e. The molecule has 0 bridgehead atoms. The molecule has 0 radical (unpaired) electrons. The third-order valence-corrected chi connectivity index (χ3v) is 3.19. The summed E-state index contributed by atoms with van der Waals surface area (Å²) in [7, 11) is 0. The van der Waals surface area contributed by atoms with E-state index in [1.807, 2.05) is 6.92 Å². The molecule has 3 nitrogen and oxygen atoms in total. The van der Waals surface area contributed by atoms with Gasteiger partial charge in [0, 0.05) is 13.0 Å². The zero-order valence-corrected chi connectivity index (χ0v) is 11.7. The molecule has 0 aliphatic heterocycles. The molecule has 2 N–H and O–H groups in total. The highest BCUT2D eigenvalue weighted by Gasteiger charge is 2.17. The number of unbranched alkanes of at least 4 members (excludes halogenated alkanes) is 5. The Morgan fingerprint density at radius 3 is 2.29 bits per heavy atom. The Hall–Kier alpha value is -0.570. The zero-order chi connectivity index (χ0) is 13.1. The van der Waals surface area contributed by atoms with E-state index in [1.54, 1.807) is 6.92 Å². The summed E-state index contributed by atoms with van der Waals surface area (Å²) in [6.45, 7) is 6.23. The average molecular weight is 243 g/mol. The number of rotatable bonds is 10. The molecule has 3 heteroatoms. The van der Waals surface area contributed by atoms with Crippen molar-refractivity contribution in [1.82, 2.24) is 5.32 Å². The van der Waals surface area contributed by atoms with Crippen molar-refractivity contribution < 1.29 is 9.90 Å². The first kappa shape index (κ1) is 16.4. The van der Waals surface area contributed by atoms with Crippen LogP contribution in [0.15, 0.2) is 0 Å². The zero-order valence-electron chi connectivity index (χ0n) is 11.7. The first-order valence-corrected chi connectivity index (χ1v) is 7.01. The number of carbonyl (C=O) groups is 1. The summed E-state index contributed by atoms with van der Waals surface area (Å²) in [5, 5.41) is 12.5. The summed E-state index contributed by atoms with van der Waals surface area (Å²) < 4.78 is 0. The second-order valence-electron chi connectivity index (χ2n) is 5.14. The van der Waals surface area contributed by atoms with Crippen LogP contribution in [0.5, 0.6) is 0 Å². The van der Waals surface area contributed by atoms with E-state index >= 15 is 0 Å². The Morgan fingerprint density at radius 2 is 1.71 bits per heavy atom. The van der Waals surface area contributed by atoms with Crippen LogP contribution in [-0.4, -0.2) is 23.2 Å². The normalized spacial score (nSPS) is 14.4. The van der Waals surface area contributed by atoms with Crippen molar-refractivity contribution in [3.05, 3.63) is 0 Å². The standard InChI is InChI=1S/C14H29NO2/c1-4-6-7-8-9-10-11-13(16)15-12-14(3,17)5-2/h17H,4-12H2,1-3H3,(H,15,16). The van der Waals surface area contributed by atoms with Gasteiger partial charge in [-0.3, -0.25) is 4.79 Å². The van der Waals surface area contributed by atoms with Gasteiger partial charge in [0.1, 0.15) is 0 Å². The van der Waals surface area contributed by atoms with E-state index in [4.69, 9.17) is 0 Å². The Morgan fingerprint density at radius 1 is 1.12 bits per heavy atom. The molecule has 0 saturated carbocycles.